The lowest BCUT2D eigenvalue weighted by Gasteiger charge is -2.63. The van der Waals surface area contributed by atoms with E-state index in [1.807, 2.05) is 0 Å². The highest BCUT2D eigenvalue weighted by molar-refractivity contribution is 8.09. The van der Waals surface area contributed by atoms with Crippen LogP contribution in [0.3, 0.4) is 0 Å². The van der Waals surface area contributed by atoms with Crippen LogP contribution in [0.1, 0.15) is 56.2 Å². The second kappa shape index (κ2) is 10.7. The Bertz CT molecular complexity index is 1540. The number of alkyl halides is 2. The van der Waals surface area contributed by atoms with Crippen LogP contribution in [-0.4, -0.2) is 45.5 Å². The minimum Gasteiger partial charge on any atom is -0.457 e. The van der Waals surface area contributed by atoms with Gasteiger partial charge in [-0.3, -0.25) is 9.59 Å². The summed E-state index contributed by atoms with van der Waals surface area (Å²) < 4.78 is 63.9. The van der Waals surface area contributed by atoms with Crippen molar-refractivity contribution in [1.82, 2.24) is 0 Å². The second-order valence-corrected chi connectivity index (χ2v) is 13.6. The zero-order chi connectivity index (χ0) is 31.7. The molecule has 44 heavy (non-hydrogen) atoms. The summed E-state index contributed by atoms with van der Waals surface area (Å²) in [5.74, 6) is -4.39. The predicted octanol–water partition coefficient (Wildman–Crippen LogP) is 6.27. The van der Waals surface area contributed by atoms with Crippen LogP contribution in [-0.2, 0) is 25.1 Å². The smallest absolute Gasteiger partial charge is 0.375 e. The van der Waals surface area contributed by atoms with Crippen molar-refractivity contribution in [3.63, 3.8) is 0 Å². The van der Waals surface area contributed by atoms with Crippen LogP contribution in [0.25, 0.3) is 0 Å². The molecule has 3 fully saturated rings. The largest absolute Gasteiger partial charge is 0.457 e. The highest BCUT2D eigenvalue weighted by Gasteiger charge is 2.78. The molecule has 0 radical (unpaired) electrons. The van der Waals surface area contributed by atoms with Gasteiger partial charge in [0.1, 0.15) is 12.0 Å². The molecular weight excluding hydrogens is 597 g/mol. The van der Waals surface area contributed by atoms with Gasteiger partial charge in [0.15, 0.2) is 17.1 Å². The van der Waals surface area contributed by atoms with Crippen molar-refractivity contribution in [2.45, 2.75) is 70.2 Å². The molecular formula is C33H33F3O7S. The van der Waals surface area contributed by atoms with Gasteiger partial charge in [0.2, 0.25) is 5.76 Å². The van der Waals surface area contributed by atoms with E-state index in [0.717, 1.165) is 6.08 Å². The van der Waals surface area contributed by atoms with Crippen molar-refractivity contribution in [2.75, 3.05) is 0 Å². The van der Waals surface area contributed by atoms with E-state index in [-0.39, 0.29) is 37.2 Å². The van der Waals surface area contributed by atoms with Crippen LogP contribution in [0, 0.1) is 34.4 Å². The van der Waals surface area contributed by atoms with Gasteiger partial charge in [0.25, 0.3) is 5.12 Å². The summed E-state index contributed by atoms with van der Waals surface area (Å²) in [7, 11) is 0. The number of ketones is 1. The Morgan fingerprint density at radius 1 is 1.14 bits per heavy atom. The van der Waals surface area contributed by atoms with Crippen molar-refractivity contribution in [2.24, 2.45) is 28.6 Å². The van der Waals surface area contributed by atoms with Crippen LogP contribution in [0.4, 0.5) is 13.2 Å². The monoisotopic (exact) mass is 630 g/mol. The Hall–Kier alpha value is -3.15. The molecule has 0 spiro atoms. The average molecular weight is 631 g/mol. The number of halogens is 3. The molecule has 1 aromatic heterocycles. The van der Waals surface area contributed by atoms with Gasteiger partial charge in [-0.1, -0.05) is 32.1 Å². The number of carbonyl (C=O) groups is 3. The number of furan rings is 1. The number of esters is 1. The highest BCUT2D eigenvalue weighted by Crippen LogP contribution is 2.72. The van der Waals surface area contributed by atoms with Crippen LogP contribution >= 0.6 is 12.0 Å². The third kappa shape index (κ3) is 4.29. The first-order chi connectivity index (χ1) is 20.8. The molecule has 234 valence electrons. The third-order valence-corrected chi connectivity index (χ3v) is 11.4. The lowest BCUT2D eigenvalue weighted by atomic mass is 9.44. The second-order valence-electron chi connectivity index (χ2n) is 12.9. The van der Waals surface area contributed by atoms with Crippen molar-refractivity contribution >= 4 is 28.9 Å². The summed E-state index contributed by atoms with van der Waals surface area (Å²) in [6.45, 7) is 4.83. The van der Waals surface area contributed by atoms with Gasteiger partial charge in [-0.05, 0) is 79.7 Å². The molecule has 2 aromatic rings. The van der Waals surface area contributed by atoms with Crippen molar-refractivity contribution < 1.29 is 46.0 Å². The van der Waals surface area contributed by atoms with Crippen molar-refractivity contribution in [3.8, 4) is 0 Å². The fourth-order valence-corrected chi connectivity index (χ4v) is 9.50. The molecule has 0 aliphatic heterocycles. The molecule has 3 saturated carbocycles. The molecule has 2 unspecified atom stereocenters. The Morgan fingerprint density at radius 3 is 2.55 bits per heavy atom. The van der Waals surface area contributed by atoms with Gasteiger partial charge in [-0.2, -0.15) is 0 Å². The maximum atomic E-state index is 17.6. The summed E-state index contributed by atoms with van der Waals surface area (Å²) in [5.41, 5.74) is -6.63. The first-order valence-electron chi connectivity index (χ1n) is 14.6. The van der Waals surface area contributed by atoms with Crippen LogP contribution < -0.4 is 0 Å². The third-order valence-electron chi connectivity index (χ3n) is 10.7. The lowest BCUT2D eigenvalue weighted by molar-refractivity contribution is -0.221. The molecule has 0 bridgehead atoms. The summed E-state index contributed by atoms with van der Waals surface area (Å²) in [6.07, 6.45) is 1.20. The number of aliphatic hydroxyl groups is 1. The summed E-state index contributed by atoms with van der Waals surface area (Å²) >= 11 is 0.469. The molecule has 1 N–H and O–H groups in total. The van der Waals surface area contributed by atoms with Crippen molar-refractivity contribution in [1.29, 1.82) is 0 Å². The van der Waals surface area contributed by atoms with Gasteiger partial charge in [0, 0.05) is 22.7 Å². The van der Waals surface area contributed by atoms with E-state index in [0.29, 0.717) is 17.6 Å². The molecule has 0 amide bonds. The fraction of sp³-hybridized carbons (Fsp3) is 0.485. The molecule has 4 aliphatic rings. The van der Waals surface area contributed by atoms with E-state index < -0.39 is 74.8 Å². The molecule has 1 aromatic carbocycles. The van der Waals surface area contributed by atoms with E-state index in [2.05, 4.69) is 0 Å². The minimum absolute atomic E-state index is 0.00576. The maximum Gasteiger partial charge on any atom is 0.375 e. The van der Waals surface area contributed by atoms with E-state index in [1.54, 1.807) is 13.8 Å². The normalized spacial score (nSPS) is 39.2. The predicted molar refractivity (Wildman–Crippen MR) is 154 cm³/mol. The number of fused-ring (bicyclic) bond motifs is 5. The Labute approximate surface area is 257 Å². The van der Waals surface area contributed by atoms with Gasteiger partial charge in [0.05, 0.1) is 31.0 Å². The van der Waals surface area contributed by atoms with E-state index in [9.17, 15) is 23.9 Å². The van der Waals surface area contributed by atoms with E-state index in [4.69, 9.17) is 13.3 Å². The maximum absolute atomic E-state index is 17.6. The Morgan fingerprint density at radius 2 is 1.86 bits per heavy atom. The van der Waals surface area contributed by atoms with E-state index >= 15 is 8.78 Å². The van der Waals surface area contributed by atoms with Crippen LogP contribution in [0.5, 0.6) is 0 Å². The van der Waals surface area contributed by atoms with Gasteiger partial charge >= 0.3 is 5.97 Å². The fourth-order valence-electron chi connectivity index (χ4n) is 8.60. The molecule has 1 heterocycles. The summed E-state index contributed by atoms with van der Waals surface area (Å²) in [5, 5.41) is 11.0. The number of hydrogen-bond acceptors (Lipinski definition) is 8. The quantitative estimate of drug-likeness (QED) is 0.294. The Balaban J connectivity index is 1.39. The van der Waals surface area contributed by atoms with Crippen molar-refractivity contribution in [3.05, 3.63) is 83.6 Å². The number of aliphatic hydroxyl groups excluding tert-OH is 1. The van der Waals surface area contributed by atoms with Gasteiger partial charge < -0.3 is 18.4 Å². The molecule has 7 nitrogen and oxygen atoms in total. The summed E-state index contributed by atoms with van der Waals surface area (Å²) in [4.78, 5) is 39.8. The molecule has 11 heteroatoms. The topological polar surface area (TPSA) is 103 Å². The molecule has 6 rings (SSSR count). The Kier molecular flexibility index (Phi) is 7.53. The summed E-state index contributed by atoms with van der Waals surface area (Å²) in [6, 6.07) is 8.42. The van der Waals surface area contributed by atoms with E-state index in [1.165, 1.54) is 61.7 Å². The molecule has 0 saturated heterocycles. The van der Waals surface area contributed by atoms with Gasteiger partial charge in [-0.25, -0.2) is 18.0 Å². The lowest BCUT2D eigenvalue weighted by Crippen LogP contribution is -2.70. The zero-order valence-electron chi connectivity index (χ0n) is 24.4. The van der Waals surface area contributed by atoms with Gasteiger partial charge in [-0.15, -0.1) is 0 Å². The SMILES string of the molecule is C[C@@H]1CC2C3C[C@H](F)C4=CC(=O)C=C[C@]4(C)[C@@]3(F)[C@@H](O)C[C@]2(C)[C@@]1(OC(=O)c1ccco1)C(=O)SOCc1ccc(F)cc1. The molecule has 4 aliphatic carbocycles. The number of ether oxygens (including phenoxy) is 1. The first-order valence-corrected chi connectivity index (χ1v) is 15.3. The standard InChI is InChI=1S/C33H33F3O7S/c1-18-13-22-23-15-25(35)24-14-21(37)10-11-30(24,2)32(23,36)27(38)16-31(22,3)33(18,43-28(39)26-5-4-12-41-26)29(40)44-42-17-19-6-8-20(34)9-7-19/h4-12,14,18,22-23,25,27,38H,13,15-17H2,1-3H3/t18-,22?,23?,25+,27+,30+,31+,32+,33+/m1/s1. The van der Waals surface area contributed by atoms with Crippen LogP contribution in [0.15, 0.2) is 70.9 Å². The zero-order valence-corrected chi connectivity index (χ0v) is 25.2. The first kappa shape index (κ1) is 30.9. The number of benzene rings is 1. The average Bonchev–Trinajstić information content (AvgIpc) is 3.59. The number of allylic oxidation sites excluding steroid dienone is 4. The van der Waals surface area contributed by atoms with Crippen LogP contribution in [0.2, 0.25) is 0 Å². The number of hydrogen-bond donors (Lipinski definition) is 1. The number of carbonyl (C=O) groups excluding carboxylic acids is 3. The highest BCUT2D eigenvalue weighted by atomic mass is 32.2. The minimum atomic E-state index is -2.36. The molecule has 9 atom stereocenters. The number of rotatable bonds is 6.